The number of aromatic carboxylic acids is 1. The largest absolute Gasteiger partial charge is 0.479 e. The van der Waals surface area contributed by atoms with Gasteiger partial charge in [-0.3, -0.25) is 0 Å². The quantitative estimate of drug-likeness (QED) is 0.527. The number of rotatable bonds is 5. The van der Waals surface area contributed by atoms with Gasteiger partial charge in [0, 0.05) is 12.1 Å². The van der Waals surface area contributed by atoms with Crippen LogP contribution in [0.15, 0.2) is 18.2 Å². The van der Waals surface area contributed by atoms with Crippen LogP contribution in [0.4, 0.5) is 0 Å². The van der Waals surface area contributed by atoms with Crippen LogP contribution >= 0.6 is 0 Å². The monoisotopic (exact) mass is 273 g/mol. The van der Waals surface area contributed by atoms with Crippen LogP contribution in [-0.4, -0.2) is 28.3 Å². The Labute approximate surface area is 110 Å². The van der Waals surface area contributed by atoms with Gasteiger partial charge in [0.2, 0.25) is 0 Å². The summed E-state index contributed by atoms with van der Waals surface area (Å²) in [5, 5.41) is 17.5. The van der Waals surface area contributed by atoms with Crippen LogP contribution in [-0.2, 0) is 11.3 Å². The second kappa shape index (κ2) is 8.03. The average Bonchev–Trinajstić information content (AvgIpc) is 2.28. The maximum absolute atomic E-state index is 10.8. The Hall–Kier alpha value is -2.16. The van der Waals surface area contributed by atoms with Crippen molar-refractivity contribution in [1.82, 2.24) is 12.3 Å². The number of ether oxygens (including phenoxy) is 1. The number of carbonyl (C=O) groups is 2. The molecule has 0 aliphatic heterocycles. The third-order valence-electron chi connectivity index (χ3n) is 2.19. The number of aliphatic carboxylic acids is 1. The van der Waals surface area contributed by atoms with Gasteiger partial charge in [-0.2, -0.15) is 0 Å². The van der Waals surface area contributed by atoms with E-state index in [9.17, 15) is 9.59 Å². The summed E-state index contributed by atoms with van der Waals surface area (Å²) < 4.78 is 5.15. The first kappa shape index (κ1) is 19.2. The molecule has 0 saturated carbocycles. The van der Waals surface area contributed by atoms with E-state index in [4.69, 9.17) is 20.7 Å². The van der Waals surface area contributed by atoms with E-state index in [0.717, 1.165) is 0 Å². The molecule has 1 aromatic rings. The van der Waals surface area contributed by atoms with Gasteiger partial charge >= 0.3 is 11.9 Å². The molecule has 0 aliphatic rings. The van der Waals surface area contributed by atoms with E-state index in [0.29, 0.717) is 5.56 Å². The second-order valence-electron chi connectivity index (χ2n) is 3.43. The van der Waals surface area contributed by atoms with E-state index >= 15 is 0 Å². The molecule has 0 aromatic heterocycles. The summed E-state index contributed by atoms with van der Waals surface area (Å²) in [6.45, 7) is 1.50. The van der Waals surface area contributed by atoms with Gasteiger partial charge in [-0.05, 0) is 19.1 Å². The average molecular weight is 273 g/mol. The van der Waals surface area contributed by atoms with Crippen molar-refractivity contribution in [1.29, 1.82) is 0 Å². The van der Waals surface area contributed by atoms with Crippen molar-refractivity contribution in [2.45, 2.75) is 19.6 Å². The predicted octanol–water partition coefficient (Wildman–Crippen LogP) is 1.02. The first-order valence-corrected chi connectivity index (χ1v) is 4.91. The molecular formula is C11H19N3O5. The smallest absolute Gasteiger partial charge is 0.344 e. The molecule has 0 heterocycles. The summed E-state index contributed by atoms with van der Waals surface area (Å²) in [4.78, 5) is 21.4. The van der Waals surface area contributed by atoms with Crippen molar-refractivity contribution in [2.24, 2.45) is 5.73 Å². The zero-order valence-corrected chi connectivity index (χ0v) is 10.6. The van der Waals surface area contributed by atoms with Crippen molar-refractivity contribution >= 4 is 11.9 Å². The highest BCUT2D eigenvalue weighted by Gasteiger charge is 2.16. The van der Waals surface area contributed by atoms with Crippen molar-refractivity contribution in [2.75, 3.05) is 0 Å². The first-order chi connectivity index (χ1) is 7.95. The molecule has 8 heteroatoms. The SMILES string of the molecule is CC(Oc1cc(C(=O)O)ccc1CN)C(=O)O.N.N. The van der Waals surface area contributed by atoms with Crippen LogP contribution in [0.1, 0.15) is 22.8 Å². The number of carboxylic acids is 2. The summed E-state index contributed by atoms with van der Waals surface area (Å²) in [5.74, 6) is -2.06. The van der Waals surface area contributed by atoms with E-state index in [1.807, 2.05) is 0 Å². The van der Waals surface area contributed by atoms with Crippen molar-refractivity contribution < 1.29 is 24.5 Å². The van der Waals surface area contributed by atoms with Gasteiger partial charge in [0.05, 0.1) is 5.56 Å². The fourth-order valence-electron chi connectivity index (χ4n) is 1.21. The number of benzene rings is 1. The molecule has 1 unspecified atom stereocenters. The van der Waals surface area contributed by atoms with Gasteiger partial charge in [0.25, 0.3) is 0 Å². The molecule has 0 spiro atoms. The first-order valence-electron chi connectivity index (χ1n) is 4.91. The minimum atomic E-state index is -1.13. The Morgan fingerprint density at radius 2 is 1.89 bits per heavy atom. The number of hydrogen-bond acceptors (Lipinski definition) is 6. The molecule has 108 valence electrons. The minimum Gasteiger partial charge on any atom is -0.479 e. The molecule has 0 saturated heterocycles. The zero-order chi connectivity index (χ0) is 13.0. The van der Waals surface area contributed by atoms with Crippen molar-refractivity contribution in [3.63, 3.8) is 0 Å². The fraction of sp³-hybridized carbons (Fsp3) is 0.273. The van der Waals surface area contributed by atoms with E-state index in [-0.39, 0.29) is 30.2 Å². The molecule has 0 aliphatic carbocycles. The number of nitrogens with two attached hydrogens (primary N) is 1. The van der Waals surface area contributed by atoms with Crippen LogP contribution in [0.3, 0.4) is 0 Å². The lowest BCUT2D eigenvalue weighted by Gasteiger charge is -2.14. The van der Waals surface area contributed by atoms with Gasteiger partial charge in [-0.1, -0.05) is 6.07 Å². The topological polar surface area (TPSA) is 180 Å². The molecule has 19 heavy (non-hydrogen) atoms. The second-order valence-corrected chi connectivity index (χ2v) is 3.43. The highest BCUT2D eigenvalue weighted by atomic mass is 16.5. The van der Waals surface area contributed by atoms with E-state index in [2.05, 4.69) is 0 Å². The summed E-state index contributed by atoms with van der Waals surface area (Å²) >= 11 is 0. The third kappa shape index (κ3) is 4.92. The molecule has 0 bridgehead atoms. The summed E-state index contributed by atoms with van der Waals surface area (Å²) in [6.07, 6.45) is -1.07. The molecule has 1 rings (SSSR count). The van der Waals surface area contributed by atoms with Crippen LogP contribution in [0.5, 0.6) is 5.75 Å². The Morgan fingerprint density at radius 1 is 1.32 bits per heavy atom. The lowest BCUT2D eigenvalue weighted by Crippen LogP contribution is -2.23. The molecule has 0 radical (unpaired) electrons. The minimum absolute atomic E-state index is 0. The van der Waals surface area contributed by atoms with Crippen LogP contribution in [0.2, 0.25) is 0 Å². The van der Waals surface area contributed by atoms with Crippen LogP contribution in [0.25, 0.3) is 0 Å². The van der Waals surface area contributed by atoms with Gasteiger partial charge in [-0.25, -0.2) is 9.59 Å². The Bertz CT molecular complexity index is 450. The maximum Gasteiger partial charge on any atom is 0.344 e. The summed E-state index contributed by atoms with van der Waals surface area (Å²) in [7, 11) is 0. The Kier molecular flexibility index (Phi) is 8.11. The molecule has 0 amide bonds. The molecule has 1 aromatic carbocycles. The van der Waals surface area contributed by atoms with Gasteiger partial charge in [0.1, 0.15) is 5.75 Å². The van der Waals surface area contributed by atoms with Gasteiger partial charge < -0.3 is 33.0 Å². The van der Waals surface area contributed by atoms with E-state index in [1.54, 1.807) is 0 Å². The number of carboxylic acid groups (broad SMARTS) is 2. The lowest BCUT2D eigenvalue weighted by atomic mass is 10.1. The fourth-order valence-corrected chi connectivity index (χ4v) is 1.21. The molecule has 1 atom stereocenters. The molecule has 0 fully saturated rings. The van der Waals surface area contributed by atoms with Crippen LogP contribution < -0.4 is 22.8 Å². The van der Waals surface area contributed by atoms with Gasteiger partial charge in [0.15, 0.2) is 6.10 Å². The standard InChI is InChI=1S/C11H13NO5.2H3N/c1-6(10(13)14)17-9-4-7(11(15)16)2-3-8(9)5-12;;/h2-4,6H,5,12H2,1H3,(H,13,14)(H,15,16);2*1H3. The van der Waals surface area contributed by atoms with E-state index in [1.165, 1.54) is 25.1 Å². The predicted molar refractivity (Wildman–Crippen MR) is 69.1 cm³/mol. The van der Waals surface area contributed by atoms with Crippen molar-refractivity contribution in [3.8, 4) is 5.75 Å². The summed E-state index contributed by atoms with van der Waals surface area (Å²) in [6, 6.07) is 4.17. The Balaban J connectivity index is 0. The normalized spacial score (nSPS) is 10.6. The van der Waals surface area contributed by atoms with Crippen LogP contribution in [0, 0.1) is 0 Å². The molecule has 10 N–H and O–H groups in total. The zero-order valence-electron chi connectivity index (χ0n) is 10.6. The van der Waals surface area contributed by atoms with Gasteiger partial charge in [-0.15, -0.1) is 0 Å². The maximum atomic E-state index is 10.8. The highest BCUT2D eigenvalue weighted by molar-refractivity contribution is 5.88. The number of hydrogen-bond donors (Lipinski definition) is 5. The van der Waals surface area contributed by atoms with E-state index < -0.39 is 18.0 Å². The molecule has 8 nitrogen and oxygen atoms in total. The third-order valence-corrected chi connectivity index (χ3v) is 2.19. The summed E-state index contributed by atoms with van der Waals surface area (Å²) in [5.41, 5.74) is 6.04. The van der Waals surface area contributed by atoms with Crippen molar-refractivity contribution in [3.05, 3.63) is 29.3 Å². The molecular weight excluding hydrogens is 254 g/mol. The Morgan fingerprint density at radius 3 is 2.32 bits per heavy atom. The lowest BCUT2D eigenvalue weighted by molar-refractivity contribution is -0.144. The highest BCUT2D eigenvalue weighted by Crippen LogP contribution is 2.21.